The van der Waals surface area contributed by atoms with Crippen LogP contribution in [0.4, 0.5) is 0 Å². The van der Waals surface area contributed by atoms with Crippen LogP contribution in [0.2, 0.25) is 0 Å². The van der Waals surface area contributed by atoms with E-state index < -0.39 is 11.0 Å². The molecule has 0 saturated heterocycles. The molecule has 88 valence electrons. The van der Waals surface area contributed by atoms with Crippen LogP contribution in [0.3, 0.4) is 0 Å². The van der Waals surface area contributed by atoms with Crippen molar-refractivity contribution in [1.82, 2.24) is 4.98 Å². The summed E-state index contributed by atoms with van der Waals surface area (Å²) in [5.41, 5.74) is 5.98. The molecule has 0 spiro atoms. The highest BCUT2D eigenvalue weighted by Crippen LogP contribution is 2.22. The van der Waals surface area contributed by atoms with Gasteiger partial charge in [-0.3, -0.25) is 10.7 Å². The molecule has 5 heteroatoms. The van der Waals surface area contributed by atoms with Crippen LogP contribution in [0.25, 0.3) is 0 Å². The lowest BCUT2D eigenvalue weighted by Crippen LogP contribution is -2.41. The van der Waals surface area contributed by atoms with Crippen LogP contribution in [0.1, 0.15) is 25.5 Å². The second-order valence-electron chi connectivity index (χ2n) is 3.42. The maximum atomic E-state index is 11.6. The molecule has 0 aliphatic carbocycles. The van der Waals surface area contributed by atoms with E-state index in [0.717, 1.165) is 12.8 Å². The summed E-state index contributed by atoms with van der Waals surface area (Å²) in [5.74, 6) is -0.665. The zero-order valence-electron chi connectivity index (χ0n) is 9.15. The Labute approximate surface area is 99.8 Å². The zero-order valence-corrected chi connectivity index (χ0v) is 9.91. The van der Waals surface area contributed by atoms with Crippen LogP contribution >= 0.6 is 11.6 Å². The van der Waals surface area contributed by atoms with Crippen molar-refractivity contribution in [3.05, 3.63) is 30.1 Å². The average molecular weight is 243 g/mol. The molecule has 1 atom stereocenters. The van der Waals surface area contributed by atoms with E-state index in [1.165, 1.54) is 6.20 Å². The van der Waals surface area contributed by atoms with E-state index in [9.17, 15) is 4.79 Å². The Kier molecular flexibility index (Phi) is 4.71. The number of carbonyl (C=O) groups is 1. The van der Waals surface area contributed by atoms with Gasteiger partial charge in [0.2, 0.25) is 5.00 Å². The highest BCUT2D eigenvalue weighted by molar-refractivity contribution is 6.33. The van der Waals surface area contributed by atoms with Crippen molar-refractivity contribution in [2.75, 3.05) is 6.61 Å². The van der Waals surface area contributed by atoms with E-state index in [1.807, 2.05) is 6.92 Å². The number of unbranched alkanes of at least 4 members (excludes halogenated alkanes) is 1. The molecule has 2 N–H and O–H groups in total. The molecular formula is C11H15ClN2O2. The van der Waals surface area contributed by atoms with Gasteiger partial charge in [-0.1, -0.05) is 31.0 Å². The molecule has 0 saturated carbocycles. The number of aromatic nitrogens is 1. The standard InChI is InChI=1S/C11H15ClN2O2/c1-2-3-8-16-10(15)11(12,13)9-6-4-5-7-14-9/h4-7H,2-3,8,13H2,1H3. The number of carbonyl (C=O) groups excluding carboxylic acids is 1. The van der Waals surface area contributed by atoms with Gasteiger partial charge in [-0.15, -0.1) is 0 Å². The third-order valence-electron chi connectivity index (χ3n) is 2.07. The molecule has 0 aliphatic rings. The Bertz CT molecular complexity index is 341. The number of hydrogen-bond acceptors (Lipinski definition) is 4. The van der Waals surface area contributed by atoms with Gasteiger partial charge in [0.15, 0.2) is 0 Å². The monoisotopic (exact) mass is 242 g/mol. The molecule has 0 aliphatic heterocycles. The lowest BCUT2D eigenvalue weighted by atomic mass is 10.2. The van der Waals surface area contributed by atoms with Crippen LogP contribution in [0.15, 0.2) is 24.4 Å². The molecule has 1 unspecified atom stereocenters. The van der Waals surface area contributed by atoms with Gasteiger partial charge < -0.3 is 4.74 Å². The first-order valence-corrected chi connectivity index (χ1v) is 5.53. The minimum absolute atomic E-state index is 0.290. The fraction of sp³-hybridized carbons (Fsp3) is 0.455. The Morgan fingerprint density at radius 2 is 2.38 bits per heavy atom. The molecule has 4 nitrogen and oxygen atoms in total. The summed E-state index contributed by atoms with van der Waals surface area (Å²) >= 11 is 5.93. The summed E-state index contributed by atoms with van der Waals surface area (Å²) in [6, 6.07) is 5.03. The number of esters is 1. The van der Waals surface area contributed by atoms with Crippen LogP contribution in [0, 0.1) is 0 Å². The number of nitrogens with zero attached hydrogens (tertiary/aromatic N) is 1. The minimum Gasteiger partial charge on any atom is -0.463 e. The molecule has 0 fully saturated rings. The van der Waals surface area contributed by atoms with E-state index in [2.05, 4.69) is 4.98 Å². The van der Waals surface area contributed by atoms with Crippen molar-refractivity contribution in [3.8, 4) is 0 Å². The highest BCUT2D eigenvalue weighted by atomic mass is 35.5. The summed E-state index contributed by atoms with van der Waals surface area (Å²) in [4.78, 5) is 13.9. The molecule has 1 rings (SSSR count). The molecule has 0 radical (unpaired) electrons. The lowest BCUT2D eigenvalue weighted by molar-refractivity contribution is -0.147. The largest absolute Gasteiger partial charge is 0.463 e. The first-order chi connectivity index (χ1) is 7.59. The summed E-state index contributed by atoms with van der Waals surface area (Å²) in [5, 5.41) is 0. The van der Waals surface area contributed by atoms with E-state index in [-0.39, 0.29) is 5.69 Å². The van der Waals surface area contributed by atoms with Gasteiger partial charge in [0, 0.05) is 6.20 Å². The van der Waals surface area contributed by atoms with Gasteiger partial charge in [-0.2, -0.15) is 0 Å². The van der Waals surface area contributed by atoms with Crippen LogP contribution in [-0.4, -0.2) is 17.6 Å². The molecular weight excluding hydrogens is 228 g/mol. The average Bonchev–Trinajstić information content (AvgIpc) is 2.30. The Morgan fingerprint density at radius 1 is 1.62 bits per heavy atom. The van der Waals surface area contributed by atoms with Crippen molar-refractivity contribution in [1.29, 1.82) is 0 Å². The van der Waals surface area contributed by atoms with E-state index >= 15 is 0 Å². The number of nitrogens with two attached hydrogens (primary N) is 1. The smallest absolute Gasteiger partial charge is 0.348 e. The molecule has 0 aromatic carbocycles. The van der Waals surface area contributed by atoms with Crippen LogP contribution in [0.5, 0.6) is 0 Å². The molecule has 16 heavy (non-hydrogen) atoms. The summed E-state index contributed by atoms with van der Waals surface area (Å²) in [6.45, 7) is 2.33. The molecule has 1 aromatic heterocycles. The Morgan fingerprint density at radius 3 is 2.94 bits per heavy atom. The molecule has 1 aromatic rings. The van der Waals surface area contributed by atoms with Crippen molar-refractivity contribution < 1.29 is 9.53 Å². The predicted octanol–water partition coefficient (Wildman–Crippen LogP) is 1.78. The van der Waals surface area contributed by atoms with Crippen LogP contribution < -0.4 is 5.73 Å². The maximum Gasteiger partial charge on any atom is 0.348 e. The predicted molar refractivity (Wildman–Crippen MR) is 61.8 cm³/mol. The van der Waals surface area contributed by atoms with Gasteiger partial charge in [-0.05, 0) is 18.6 Å². The fourth-order valence-electron chi connectivity index (χ4n) is 1.10. The molecule has 1 heterocycles. The quantitative estimate of drug-likeness (QED) is 0.370. The number of alkyl halides is 1. The van der Waals surface area contributed by atoms with Gasteiger partial charge in [0.25, 0.3) is 0 Å². The Balaban J connectivity index is 2.66. The minimum atomic E-state index is -1.70. The lowest BCUT2D eigenvalue weighted by Gasteiger charge is -2.19. The fourth-order valence-corrected chi connectivity index (χ4v) is 1.26. The number of hydrogen-bond donors (Lipinski definition) is 1. The second-order valence-corrected chi connectivity index (χ2v) is 4.01. The first kappa shape index (κ1) is 12.9. The number of ether oxygens (including phenoxy) is 1. The van der Waals surface area contributed by atoms with Crippen molar-refractivity contribution >= 4 is 17.6 Å². The first-order valence-electron chi connectivity index (χ1n) is 5.15. The molecule has 0 bridgehead atoms. The van der Waals surface area contributed by atoms with Crippen molar-refractivity contribution in [2.45, 2.75) is 24.8 Å². The SMILES string of the molecule is CCCCOC(=O)C(N)(Cl)c1ccccn1. The Hall–Kier alpha value is -1.13. The summed E-state index contributed by atoms with van der Waals surface area (Å²) in [7, 11) is 0. The van der Waals surface area contributed by atoms with Gasteiger partial charge in [-0.25, -0.2) is 4.79 Å². The highest BCUT2D eigenvalue weighted by Gasteiger charge is 2.36. The van der Waals surface area contributed by atoms with E-state index in [1.54, 1.807) is 18.2 Å². The van der Waals surface area contributed by atoms with E-state index in [4.69, 9.17) is 22.1 Å². The number of halogens is 1. The third-order valence-corrected chi connectivity index (χ3v) is 2.41. The van der Waals surface area contributed by atoms with Gasteiger partial charge in [0.05, 0.1) is 12.3 Å². The topological polar surface area (TPSA) is 65.2 Å². The zero-order chi connectivity index (χ0) is 12.0. The van der Waals surface area contributed by atoms with Crippen molar-refractivity contribution in [2.24, 2.45) is 5.73 Å². The van der Waals surface area contributed by atoms with Crippen LogP contribution in [-0.2, 0) is 14.5 Å². The van der Waals surface area contributed by atoms with Crippen molar-refractivity contribution in [3.63, 3.8) is 0 Å². The van der Waals surface area contributed by atoms with Gasteiger partial charge >= 0.3 is 5.97 Å². The molecule has 0 amide bonds. The summed E-state index contributed by atoms with van der Waals surface area (Å²) < 4.78 is 4.97. The number of rotatable bonds is 5. The summed E-state index contributed by atoms with van der Waals surface area (Å²) in [6.07, 6.45) is 3.26. The normalized spacial score (nSPS) is 14.2. The van der Waals surface area contributed by atoms with Gasteiger partial charge in [0.1, 0.15) is 0 Å². The van der Waals surface area contributed by atoms with E-state index in [0.29, 0.717) is 6.61 Å². The maximum absolute atomic E-state index is 11.6. The second kappa shape index (κ2) is 5.82. The number of pyridine rings is 1. The third kappa shape index (κ3) is 3.18.